The molecule has 4 aromatic rings. The van der Waals surface area contributed by atoms with Gasteiger partial charge in [-0.25, -0.2) is 0 Å². The minimum atomic E-state index is -1.20. The monoisotopic (exact) mass is 646 g/mol. The number of halogens is 2. The largest absolute Gasteiger partial charge is 1.00 e. The van der Waals surface area contributed by atoms with E-state index < -0.39 is 22.9 Å². The maximum Gasteiger partial charge on any atom is -1.00 e. The summed E-state index contributed by atoms with van der Waals surface area (Å²) in [4.78, 5) is 0. The Morgan fingerprint density at radius 1 is 0.645 bits per heavy atom. The van der Waals surface area contributed by atoms with Crippen molar-refractivity contribution in [3.63, 3.8) is 0 Å². The number of hydrogen-bond donors (Lipinski definition) is 0. The second kappa shape index (κ2) is 9.74. The fourth-order valence-electron chi connectivity index (χ4n) is 4.40. The number of hydrogen-bond acceptors (Lipinski definition) is 0. The van der Waals surface area contributed by atoms with E-state index in [0.29, 0.717) is 7.35 Å². The molecular weight excluding hydrogens is 628 g/mol. The van der Waals surface area contributed by atoms with Crippen LogP contribution in [-0.4, -0.2) is 9.13 Å². The van der Waals surface area contributed by atoms with E-state index in [9.17, 15) is 0 Å². The molecule has 2 aromatic carbocycles. The van der Waals surface area contributed by atoms with Gasteiger partial charge in [-0.3, -0.25) is 0 Å². The number of allylic oxidation sites excluding steroid dienone is 2. The van der Waals surface area contributed by atoms with Gasteiger partial charge in [-0.15, -0.1) is 0 Å². The first-order chi connectivity index (χ1) is 14.4. The van der Waals surface area contributed by atoms with Crippen LogP contribution in [0.1, 0.15) is 29.6 Å². The van der Waals surface area contributed by atoms with E-state index in [1.165, 1.54) is 38.9 Å². The Bertz CT molecular complexity index is 1150. The Hall–Kier alpha value is -1.21. The average Bonchev–Trinajstić information content (AvgIpc) is 3.55. The molecule has 0 N–H and O–H groups in total. The van der Waals surface area contributed by atoms with E-state index in [4.69, 9.17) is 0 Å². The van der Waals surface area contributed by atoms with E-state index >= 15 is 0 Å². The molecule has 0 saturated carbocycles. The molecule has 2 atom stereocenters. The molecular formula is C24H18Cl2HfN2P2. The van der Waals surface area contributed by atoms with Crippen molar-refractivity contribution in [2.45, 2.75) is 7.35 Å². The van der Waals surface area contributed by atoms with Crippen LogP contribution < -0.4 is 24.8 Å². The van der Waals surface area contributed by atoms with Gasteiger partial charge in [-0.2, -0.15) is 0 Å². The van der Waals surface area contributed by atoms with Crippen molar-refractivity contribution in [2.24, 2.45) is 0 Å². The minimum absolute atomic E-state index is 0. The van der Waals surface area contributed by atoms with Gasteiger partial charge in [0.15, 0.2) is 0 Å². The summed E-state index contributed by atoms with van der Waals surface area (Å²) in [7, 11) is 2.57. The van der Waals surface area contributed by atoms with Gasteiger partial charge in [0, 0.05) is 0 Å². The van der Waals surface area contributed by atoms with Crippen molar-refractivity contribution < 1.29 is 47.7 Å². The van der Waals surface area contributed by atoms with E-state index in [0.717, 1.165) is 0 Å². The van der Waals surface area contributed by atoms with Gasteiger partial charge in [0.1, 0.15) is 0 Å². The molecule has 0 saturated heterocycles. The summed E-state index contributed by atoms with van der Waals surface area (Å²) in [5.74, 6) is 9.05. The quantitative estimate of drug-likeness (QED) is 0.297. The SMILES string of the molecule is C1=C(n2ccpc2)[CH]([Hf+2][CH]2C(n3ccpc3)=Cc3ccccc32)c2ccccc21.[Cl-].[Cl-]. The fraction of sp³-hybridized carbons (Fsp3) is 0.0833. The molecule has 2 nitrogen and oxygen atoms in total. The van der Waals surface area contributed by atoms with Crippen molar-refractivity contribution in [1.82, 2.24) is 9.13 Å². The molecule has 0 radical (unpaired) electrons. The second-order valence-electron chi connectivity index (χ2n) is 7.37. The summed E-state index contributed by atoms with van der Waals surface area (Å²) in [5.41, 5.74) is 8.87. The van der Waals surface area contributed by atoms with Crippen molar-refractivity contribution in [1.29, 1.82) is 0 Å². The fourth-order valence-corrected chi connectivity index (χ4v) is 13.0. The van der Waals surface area contributed by atoms with Gasteiger partial charge < -0.3 is 24.8 Å². The molecule has 0 bridgehead atoms. The molecule has 152 valence electrons. The zero-order valence-corrected chi connectivity index (χ0v) is 23.3. The first kappa shape index (κ1) is 23.0. The Morgan fingerprint density at radius 3 is 1.52 bits per heavy atom. The van der Waals surface area contributed by atoms with Crippen molar-refractivity contribution >= 4 is 39.9 Å². The smallest absolute Gasteiger partial charge is 1.00 e. The molecule has 7 heteroatoms. The number of nitrogens with zero attached hydrogens (tertiary/aromatic N) is 2. The van der Waals surface area contributed by atoms with Gasteiger partial charge in [0.25, 0.3) is 0 Å². The van der Waals surface area contributed by atoms with Crippen LogP contribution in [0.3, 0.4) is 0 Å². The minimum Gasteiger partial charge on any atom is -1.00 e. The van der Waals surface area contributed by atoms with Crippen LogP contribution in [-0.2, 0) is 22.9 Å². The maximum atomic E-state index is 2.43. The van der Waals surface area contributed by atoms with E-state index in [-0.39, 0.29) is 24.8 Å². The van der Waals surface area contributed by atoms with Crippen LogP contribution in [0.15, 0.2) is 84.4 Å². The average molecular weight is 646 g/mol. The molecule has 0 amide bonds. The normalized spacial score (nSPS) is 18.6. The van der Waals surface area contributed by atoms with Crippen LogP contribution in [0.5, 0.6) is 0 Å². The number of aromatic nitrogens is 2. The molecule has 31 heavy (non-hydrogen) atoms. The van der Waals surface area contributed by atoms with Crippen LogP contribution in [0.25, 0.3) is 23.5 Å². The van der Waals surface area contributed by atoms with Crippen LogP contribution >= 0.6 is 16.4 Å². The topological polar surface area (TPSA) is 9.86 Å². The molecule has 0 aliphatic heterocycles. The first-order valence-electron chi connectivity index (χ1n) is 9.72. The second-order valence-corrected chi connectivity index (χ2v) is 14.4. The summed E-state index contributed by atoms with van der Waals surface area (Å²) in [5, 5.41) is 0. The summed E-state index contributed by atoms with van der Waals surface area (Å²) in [6.45, 7) is 0. The summed E-state index contributed by atoms with van der Waals surface area (Å²) in [6.07, 6.45) is 9.34. The Kier molecular flexibility index (Phi) is 7.21. The van der Waals surface area contributed by atoms with E-state index in [2.05, 4.69) is 106 Å². The summed E-state index contributed by atoms with van der Waals surface area (Å²) >= 11 is -1.20. The van der Waals surface area contributed by atoms with Crippen molar-refractivity contribution in [3.05, 3.63) is 107 Å². The van der Waals surface area contributed by atoms with Gasteiger partial charge in [-0.05, 0) is 0 Å². The number of benzene rings is 2. The molecule has 6 rings (SSSR count). The van der Waals surface area contributed by atoms with Crippen molar-refractivity contribution in [3.8, 4) is 0 Å². The molecule has 2 aliphatic carbocycles. The molecule has 2 aliphatic rings. The predicted octanol–water partition coefficient (Wildman–Crippen LogP) is 1.35. The first-order valence-corrected chi connectivity index (χ1v) is 15.9. The Balaban J connectivity index is 0.00000116. The molecule has 2 unspecified atom stereocenters. The maximum absolute atomic E-state index is 2.43. The number of rotatable bonds is 4. The molecule has 2 heterocycles. The molecule has 0 spiro atoms. The van der Waals surface area contributed by atoms with Crippen molar-refractivity contribution in [2.75, 3.05) is 0 Å². The van der Waals surface area contributed by atoms with Gasteiger partial charge in [-0.1, -0.05) is 0 Å². The third-order valence-electron chi connectivity index (χ3n) is 5.75. The Labute approximate surface area is 209 Å². The van der Waals surface area contributed by atoms with Gasteiger partial charge in [0.05, 0.1) is 0 Å². The zero-order chi connectivity index (χ0) is 19.2. The number of fused-ring (bicyclic) bond motifs is 2. The van der Waals surface area contributed by atoms with E-state index in [1.54, 1.807) is 11.1 Å². The zero-order valence-electron chi connectivity index (χ0n) is 16.4. The van der Waals surface area contributed by atoms with Crippen LogP contribution in [0.2, 0.25) is 0 Å². The Morgan fingerprint density at radius 2 is 1.10 bits per heavy atom. The molecule has 0 fully saturated rings. The van der Waals surface area contributed by atoms with Crippen LogP contribution in [0.4, 0.5) is 0 Å². The summed E-state index contributed by atoms with van der Waals surface area (Å²) in [6, 6.07) is 18.1. The van der Waals surface area contributed by atoms with Gasteiger partial charge in [0.2, 0.25) is 0 Å². The van der Waals surface area contributed by atoms with Crippen LogP contribution in [0, 0.1) is 0 Å². The van der Waals surface area contributed by atoms with E-state index in [1.807, 2.05) is 0 Å². The van der Waals surface area contributed by atoms with Gasteiger partial charge >= 0.3 is 186 Å². The summed E-state index contributed by atoms with van der Waals surface area (Å²) < 4.78 is 5.93. The third kappa shape index (κ3) is 4.12. The molecule has 2 aromatic heterocycles. The third-order valence-corrected chi connectivity index (χ3v) is 13.9. The predicted molar refractivity (Wildman–Crippen MR) is 121 cm³/mol. The standard InChI is InChI=1S/2C12H9NP.2ClH.Hf/c2*1-2-4-11-8-12(7-10(11)3-1)13-5-6-14-9-13;;;/h2*1-9H;2*1H;/q;;;;+2/p-2.